The first-order valence-corrected chi connectivity index (χ1v) is 8.65. The maximum absolute atomic E-state index is 6.42. The molecule has 0 radical (unpaired) electrons. The number of benzene rings is 1. The third-order valence-corrected chi connectivity index (χ3v) is 5.25. The third-order valence-electron chi connectivity index (χ3n) is 3.68. The number of nitrogens with zero attached hydrogens (tertiary/aromatic N) is 2. The zero-order valence-electron chi connectivity index (χ0n) is 11.9. The van der Waals surface area contributed by atoms with Gasteiger partial charge in [0, 0.05) is 28.0 Å². The first-order valence-electron chi connectivity index (χ1n) is 6.78. The van der Waals surface area contributed by atoms with Crippen molar-refractivity contribution in [3.8, 4) is 0 Å². The minimum atomic E-state index is -0.705. The van der Waals surface area contributed by atoms with Crippen LogP contribution in [-0.2, 0) is 21.6 Å². The molecule has 0 spiro atoms. The Balaban J connectivity index is 2.03. The molecule has 0 bridgehead atoms. The smallest absolute Gasteiger partial charge is 0.176 e. The number of alkyl halides is 1. The first-order chi connectivity index (χ1) is 10.5. The van der Waals surface area contributed by atoms with E-state index in [0.717, 1.165) is 5.56 Å². The van der Waals surface area contributed by atoms with Crippen LogP contribution in [0, 0.1) is 0 Å². The van der Waals surface area contributed by atoms with Gasteiger partial charge in [-0.3, -0.25) is 0 Å². The van der Waals surface area contributed by atoms with Gasteiger partial charge in [0.2, 0.25) is 0 Å². The monoisotopic (exact) mass is 404 g/mol. The molecule has 22 heavy (non-hydrogen) atoms. The Morgan fingerprint density at radius 1 is 1.41 bits per heavy atom. The van der Waals surface area contributed by atoms with Crippen LogP contribution in [-0.4, -0.2) is 27.3 Å². The third kappa shape index (κ3) is 3.05. The van der Waals surface area contributed by atoms with Gasteiger partial charge in [-0.2, -0.15) is 0 Å². The molecule has 0 N–H and O–H groups in total. The first kappa shape index (κ1) is 16.3. The maximum atomic E-state index is 6.42. The minimum absolute atomic E-state index is 0.397. The molecule has 0 unspecified atom stereocenters. The highest BCUT2D eigenvalue weighted by Gasteiger charge is 2.49. The molecule has 2 atom stereocenters. The van der Waals surface area contributed by atoms with Crippen molar-refractivity contribution >= 4 is 39.1 Å². The van der Waals surface area contributed by atoms with E-state index in [1.54, 1.807) is 18.6 Å². The Kier molecular flexibility index (Phi) is 4.54. The van der Waals surface area contributed by atoms with E-state index in [1.165, 1.54) is 0 Å². The van der Waals surface area contributed by atoms with Crippen LogP contribution in [0.25, 0.3) is 0 Å². The molecule has 1 aliphatic heterocycles. The van der Waals surface area contributed by atoms with Gasteiger partial charge in [-0.1, -0.05) is 45.2 Å². The van der Waals surface area contributed by atoms with Crippen molar-refractivity contribution in [2.24, 2.45) is 0 Å². The number of imidazole rings is 1. The fourth-order valence-electron chi connectivity index (χ4n) is 2.64. The summed E-state index contributed by atoms with van der Waals surface area (Å²) in [4.78, 5) is 4.09. The Hall–Kier alpha value is -0.590. The lowest BCUT2D eigenvalue weighted by Crippen LogP contribution is -2.37. The minimum Gasteiger partial charge on any atom is -0.346 e. The number of rotatable bonds is 4. The summed E-state index contributed by atoms with van der Waals surface area (Å²) in [6.45, 7) is 2.85. The number of hydrogen-bond acceptors (Lipinski definition) is 3. The van der Waals surface area contributed by atoms with Crippen LogP contribution in [0.3, 0.4) is 0 Å². The number of aromatic nitrogens is 2. The highest BCUT2D eigenvalue weighted by molar-refractivity contribution is 9.09. The number of hydrogen-bond donors (Lipinski definition) is 0. The summed E-state index contributed by atoms with van der Waals surface area (Å²) in [6, 6.07) is 5.43. The SMILES string of the molecule is C[C@@]1(CBr)OC[C@](Cn2ccnc2)(c2ccc(Cl)cc2Cl)O1. The summed E-state index contributed by atoms with van der Waals surface area (Å²) in [5.41, 5.74) is 0.169. The summed E-state index contributed by atoms with van der Waals surface area (Å²) in [5.74, 6) is -0.705. The van der Waals surface area contributed by atoms with Crippen molar-refractivity contribution in [1.82, 2.24) is 9.55 Å². The zero-order chi connectivity index (χ0) is 15.8. The van der Waals surface area contributed by atoms with Crippen LogP contribution in [0.1, 0.15) is 12.5 Å². The van der Waals surface area contributed by atoms with Gasteiger partial charge in [-0.25, -0.2) is 4.98 Å². The molecule has 1 saturated heterocycles. The molecule has 0 amide bonds. The van der Waals surface area contributed by atoms with E-state index in [4.69, 9.17) is 32.7 Å². The zero-order valence-corrected chi connectivity index (χ0v) is 15.0. The average molecular weight is 406 g/mol. The predicted octanol–water partition coefficient (Wildman–Crippen LogP) is 4.24. The number of halogens is 3. The lowest BCUT2D eigenvalue weighted by Gasteiger charge is -2.31. The van der Waals surface area contributed by atoms with Crippen molar-refractivity contribution in [1.29, 1.82) is 0 Å². The molecule has 1 aliphatic rings. The fourth-order valence-corrected chi connectivity index (χ4v) is 3.49. The second-order valence-electron chi connectivity index (χ2n) is 5.51. The van der Waals surface area contributed by atoms with Gasteiger partial charge in [-0.05, 0) is 19.1 Å². The summed E-state index contributed by atoms with van der Waals surface area (Å²) < 4.78 is 14.2. The lowest BCUT2D eigenvalue weighted by molar-refractivity contribution is -0.162. The van der Waals surface area contributed by atoms with Crippen molar-refractivity contribution < 1.29 is 9.47 Å². The van der Waals surface area contributed by atoms with E-state index >= 15 is 0 Å². The van der Waals surface area contributed by atoms with Gasteiger partial charge < -0.3 is 14.0 Å². The van der Waals surface area contributed by atoms with Crippen LogP contribution < -0.4 is 0 Å². The highest BCUT2D eigenvalue weighted by Crippen LogP contribution is 2.44. The summed E-state index contributed by atoms with van der Waals surface area (Å²) in [7, 11) is 0. The molecular weight excluding hydrogens is 391 g/mol. The van der Waals surface area contributed by atoms with Gasteiger partial charge in [0.25, 0.3) is 0 Å². The molecule has 4 nitrogen and oxygen atoms in total. The summed E-state index contributed by atoms with van der Waals surface area (Å²) in [6.07, 6.45) is 5.37. The molecule has 1 fully saturated rings. The molecule has 2 heterocycles. The van der Waals surface area contributed by atoms with Gasteiger partial charge in [-0.15, -0.1) is 0 Å². The van der Waals surface area contributed by atoms with Gasteiger partial charge >= 0.3 is 0 Å². The summed E-state index contributed by atoms with van der Waals surface area (Å²) >= 11 is 15.9. The topological polar surface area (TPSA) is 36.3 Å². The van der Waals surface area contributed by atoms with Crippen molar-refractivity contribution in [2.75, 3.05) is 11.9 Å². The van der Waals surface area contributed by atoms with Crippen LogP contribution in [0.5, 0.6) is 0 Å². The number of ether oxygens (including phenoxy) is 2. The van der Waals surface area contributed by atoms with E-state index in [-0.39, 0.29) is 0 Å². The quantitative estimate of drug-likeness (QED) is 0.713. The van der Waals surface area contributed by atoms with Crippen molar-refractivity contribution in [3.05, 3.63) is 52.5 Å². The Labute approximate surface area is 147 Å². The second kappa shape index (κ2) is 6.13. The predicted molar refractivity (Wildman–Crippen MR) is 89.6 cm³/mol. The second-order valence-corrected chi connectivity index (χ2v) is 6.92. The van der Waals surface area contributed by atoms with E-state index in [2.05, 4.69) is 20.9 Å². The van der Waals surface area contributed by atoms with Gasteiger partial charge in [0.15, 0.2) is 5.79 Å². The molecule has 7 heteroatoms. The van der Waals surface area contributed by atoms with Crippen LogP contribution in [0.2, 0.25) is 10.0 Å². The Morgan fingerprint density at radius 2 is 2.23 bits per heavy atom. The highest BCUT2D eigenvalue weighted by atomic mass is 79.9. The molecule has 0 aliphatic carbocycles. The molecular formula is C15H15BrCl2N2O2. The normalized spacial score (nSPS) is 28.2. The standard InChI is InChI=1S/C15H15BrCl2N2O2/c1-14(7-16)21-9-15(22-14,8-20-5-4-19-10-20)12-3-2-11(17)6-13(12)18/h2-6,10H,7-9H2,1H3/t14-,15-/m1/s1. The lowest BCUT2D eigenvalue weighted by atomic mass is 9.94. The Bertz CT molecular complexity index is 668. The van der Waals surface area contributed by atoms with E-state index in [1.807, 2.05) is 29.8 Å². The van der Waals surface area contributed by atoms with Crippen molar-refractivity contribution in [2.45, 2.75) is 24.9 Å². The van der Waals surface area contributed by atoms with E-state index < -0.39 is 11.4 Å². The van der Waals surface area contributed by atoms with Gasteiger partial charge in [0.05, 0.1) is 24.8 Å². The van der Waals surface area contributed by atoms with Crippen LogP contribution in [0.15, 0.2) is 36.9 Å². The largest absolute Gasteiger partial charge is 0.346 e. The van der Waals surface area contributed by atoms with E-state index in [0.29, 0.717) is 28.5 Å². The summed E-state index contributed by atoms with van der Waals surface area (Å²) in [5, 5.41) is 1.72. The average Bonchev–Trinajstić information content (AvgIpc) is 3.09. The molecule has 2 aromatic rings. The maximum Gasteiger partial charge on any atom is 0.176 e. The Morgan fingerprint density at radius 3 is 2.82 bits per heavy atom. The molecule has 1 aromatic heterocycles. The molecule has 118 valence electrons. The molecule has 3 rings (SSSR count). The van der Waals surface area contributed by atoms with Gasteiger partial charge in [0.1, 0.15) is 5.60 Å². The van der Waals surface area contributed by atoms with Crippen LogP contribution >= 0.6 is 39.1 Å². The van der Waals surface area contributed by atoms with Crippen molar-refractivity contribution in [3.63, 3.8) is 0 Å². The molecule has 1 aromatic carbocycles. The molecule has 0 saturated carbocycles. The fraction of sp³-hybridized carbons (Fsp3) is 0.400. The van der Waals surface area contributed by atoms with Crippen LogP contribution in [0.4, 0.5) is 0 Å². The van der Waals surface area contributed by atoms with E-state index in [9.17, 15) is 0 Å².